The number of rotatable bonds is 3. The molecule has 180 valence electrons. The van der Waals surface area contributed by atoms with Crippen molar-refractivity contribution in [2.45, 2.75) is 49.6 Å². The quantitative estimate of drug-likeness (QED) is 0.416. The van der Waals surface area contributed by atoms with Gasteiger partial charge in [0.1, 0.15) is 17.2 Å². The van der Waals surface area contributed by atoms with Crippen LogP contribution < -0.4 is 11.1 Å². The molecule has 0 spiro atoms. The number of fused-ring (bicyclic) bond motifs is 2. The maximum atomic E-state index is 13.1. The molecule has 4 aromatic heterocycles. The van der Waals surface area contributed by atoms with E-state index in [1.54, 1.807) is 12.1 Å². The number of hydrogen-bond acceptors (Lipinski definition) is 5. The van der Waals surface area contributed by atoms with Gasteiger partial charge < -0.3 is 15.5 Å². The molecule has 0 aliphatic heterocycles. The Morgan fingerprint density at radius 3 is 2.32 bits per heavy atom. The third kappa shape index (κ3) is 3.93. The fourth-order valence-electron chi connectivity index (χ4n) is 4.40. The molecule has 3 N–H and O–H groups in total. The van der Waals surface area contributed by atoms with Crippen molar-refractivity contribution in [1.29, 1.82) is 0 Å². The second kappa shape index (κ2) is 7.58. The van der Waals surface area contributed by atoms with Crippen molar-refractivity contribution >= 4 is 17.1 Å². The van der Waals surface area contributed by atoms with Crippen molar-refractivity contribution < 1.29 is 26.3 Å². The molecule has 1 aliphatic carbocycles. The van der Waals surface area contributed by atoms with Crippen LogP contribution in [0.25, 0.3) is 11.3 Å². The summed E-state index contributed by atoms with van der Waals surface area (Å²) in [5.41, 5.74) is 4.12. The minimum absolute atomic E-state index is 0.0617. The van der Waals surface area contributed by atoms with Gasteiger partial charge >= 0.3 is 12.4 Å². The number of hydrogen-bond donors (Lipinski definition) is 2. The fourth-order valence-corrected chi connectivity index (χ4v) is 4.40. The molecule has 34 heavy (non-hydrogen) atoms. The number of halogens is 6. The molecule has 1 saturated carbocycles. The second-order valence-corrected chi connectivity index (χ2v) is 8.47. The SMILES string of the molecule is NC1(c2nccn3cc(C(F)(F)F)nc23)CCC(Nc2cccc3nc(C(F)(F)F)cn23)CC1. The first-order valence-electron chi connectivity index (χ1n) is 10.5. The van der Waals surface area contributed by atoms with E-state index < -0.39 is 29.3 Å². The standard InChI is InChI=1S/C21H19F6N7/c22-20(23,24)13-10-33-9-8-29-17(18(33)32-13)19(28)6-4-12(5-7-19)30-15-2-1-3-16-31-14(11-34(15)16)21(25,26)27/h1-3,8-12,30H,4-7,28H2. The van der Waals surface area contributed by atoms with Crippen molar-refractivity contribution in [3.05, 3.63) is 60.1 Å². The molecule has 1 aliphatic rings. The lowest BCUT2D eigenvalue weighted by molar-refractivity contribution is -0.141. The lowest BCUT2D eigenvalue weighted by atomic mass is 9.78. The van der Waals surface area contributed by atoms with Crippen LogP contribution in [0.2, 0.25) is 0 Å². The molecule has 13 heteroatoms. The summed E-state index contributed by atoms with van der Waals surface area (Å²) in [4.78, 5) is 11.6. The number of nitrogens with zero attached hydrogens (tertiary/aromatic N) is 5. The molecule has 4 heterocycles. The predicted octanol–water partition coefficient (Wildman–Crippen LogP) is 4.62. The van der Waals surface area contributed by atoms with Crippen LogP contribution >= 0.6 is 0 Å². The highest BCUT2D eigenvalue weighted by Gasteiger charge is 2.39. The van der Waals surface area contributed by atoms with Gasteiger partial charge in [0, 0.05) is 30.8 Å². The maximum Gasteiger partial charge on any atom is 0.434 e. The molecular weight excluding hydrogens is 464 g/mol. The Labute approximate surface area is 188 Å². The van der Waals surface area contributed by atoms with Gasteiger partial charge in [-0.3, -0.25) is 9.38 Å². The molecule has 7 nitrogen and oxygen atoms in total. The van der Waals surface area contributed by atoms with Gasteiger partial charge in [0.2, 0.25) is 0 Å². The van der Waals surface area contributed by atoms with E-state index in [1.807, 2.05) is 0 Å². The highest BCUT2D eigenvalue weighted by atomic mass is 19.4. The van der Waals surface area contributed by atoms with Crippen LogP contribution in [0, 0.1) is 0 Å². The normalized spacial score (nSPS) is 21.9. The summed E-state index contributed by atoms with van der Waals surface area (Å²) in [6, 6.07) is 4.65. The number of pyridine rings is 1. The number of alkyl halides is 6. The molecule has 0 radical (unpaired) electrons. The first-order valence-corrected chi connectivity index (χ1v) is 10.5. The minimum atomic E-state index is -4.59. The van der Waals surface area contributed by atoms with E-state index in [4.69, 9.17) is 5.73 Å². The first-order chi connectivity index (χ1) is 15.9. The van der Waals surface area contributed by atoms with Crippen LogP contribution in [-0.4, -0.2) is 29.8 Å². The smallest absolute Gasteiger partial charge is 0.368 e. The summed E-state index contributed by atoms with van der Waals surface area (Å²) in [6.07, 6.45) is -2.66. The van der Waals surface area contributed by atoms with Gasteiger partial charge in [-0.1, -0.05) is 6.07 Å². The Balaban J connectivity index is 1.36. The van der Waals surface area contributed by atoms with E-state index in [1.165, 1.54) is 27.3 Å². The zero-order chi connectivity index (χ0) is 24.3. The van der Waals surface area contributed by atoms with E-state index >= 15 is 0 Å². The Kier molecular flexibility index (Phi) is 5.01. The van der Waals surface area contributed by atoms with Crippen LogP contribution in [0.15, 0.2) is 43.0 Å². The number of nitrogens with one attached hydrogen (secondary N) is 1. The van der Waals surface area contributed by atoms with E-state index in [9.17, 15) is 26.3 Å². The Morgan fingerprint density at radius 1 is 0.971 bits per heavy atom. The lowest BCUT2D eigenvalue weighted by Gasteiger charge is -2.37. The Hall–Kier alpha value is -3.35. The number of anilines is 1. The second-order valence-electron chi connectivity index (χ2n) is 8.47. The average molecular weight is 483 g/mol. The monoisotopic (exact) mass is 483 g/mol. The summed E-state index contributed by atoms with van der Waals surface area (Å²) in [7, 11) is 0. The summed E-state index contributed by atoms with van der Waals surface area (Å²) in [5.74, 6) is 0.457. The van der Waals surface area contributed by atoms with Crippen molar-refractivity contribution in [3.8, 4) is 0 Å². The molecule has 5 rings (SSSR count). The van der Waals surface area contributed by atoms with E-state index in [0.717, 1.165) is 12.4 Å². The van der Waals surface area contributed by atoms with Crippen molar-refractivity contribution in [3.63, 3.8) is 0 Å². The Morgan fingerprint density at radius 2 is 1.65 bits per heavy atom. The lowest BCUT2D eigenvalue weighted by Crippen LogP contribution is -2.44. The third-order valence-corrected chi connectivity index (χ3v) is 6.15. The van der Waals surface area contributed by atoms with Crippen LogP contribution in [0.1, 0.15) is 42.8 Å². The van der Waals surface area contributed by atoms with Crippen LogP contribution in [0.3, 0.4) is 0 Å². The van der Waals surface area contributed by atoms with E-state index in [0.29, 0.717) is 31.5 Å². The van der Waals surface area contributed by atoms with E-state index in [2.05, 4.69) is 20.3 Å². The highest BCUT2D eigenvalue weighted by Crippen LogP contribution is 2.38. The zero-order valence-electron chi connectivity index (χ0n) is 17.5. The number of aromatic nitrogens is 5. The molecule has 0 saturated heterocycles. The molecule has 0 aromatic carbocycles. The third-order valence-electron chi connectivity index (χ3n) is 6.15. The first kappa shape index (κ1) is 22.4. The van der Waals surface area contributed by atoms with Crippen LogP contribution in [0.4, 0.5) is 32.2 Å². The van der Waals surface area contributed by atoms with Gasteiger partial charge in [0.15, 0.2) is 17.0 Å². The molecule has 0 bridgehead atoms. The number of nitrogens with two attached hydrogens (primary N) is 1. The summed E-state index contributed by atoms with van der Waals surface area (Å²) >= 11 is 0. The predicted molar refractivity (Wildman–Crippen MR) is 110 cm³/mol. The molecule has 0 amide bonds. The summed E-state index contributed by atoms with van der Waals surface area (Å²) < 4.78 is 81.2. The Bertz CT molecular complexity index is 1350. The van der Waals surface area contributed by atoms with Crippen LogP contribution in [0.5, 0.6) is 0 Å². The number of imidazole rings is 2. The fraction of sp³-hybridized carbons (Fsp3) is 0.381. The summed E-state index contributed by atoms with van der Waals surface area (Å²) in [6.45, 7) is 0. The van der Waals surface area contributed by atoms with Crippen molar-refractivity contribution in [1.82, 2.24) is 23.8 Å². The van der Waals surface area contributed by atoms with Gasteiger partial charge in [-0.2, -0.15) is 26.3 Å². The highest BCUT2D eigenvalue weighted by molar-refractivity contribution is 5.52. The molecule has 4 aromatic rings. The minimum Gasteiger partial charge on any atom is -0.368 e. The molecular formula is C21H19F6N7. The average Bonchev–Trinajstić information content (AvgIpc) is 3.40. The van der Waals surface area contributed by atoms with E-state index in [-0.39, 0.29) is 23.0 Å². The largest absolute Gasteiger partial charge is 0.434 e. The summed E-state index contributed by atoms with van der Waals surface area (Å²) in [5, 5.41) is 3.25. The van der Waals surface area contributed by atoms with Gasteiger partial charge in [-0.25, -0.2) is 9.97 Å². The van der Waals surface area contributed by atoms with Crippen LogP contribution in [-0.2, 0) is 17.9 Å². The zero-order valence-corrected chi connectivity index (χ0v) is 17.5. The van der Waals surface area contributed by atoms with Gasteiger partial charge in [-0.05, 0) is 37.8 Å². The van der Waals surface area contributed by atoms with Gasteiger partial charge in [-0.15, -0.1) is 0 Å². The molecule has 0 atom stereocenters. The topological polar surface area (TPSA) is 85.5 Å². The van der Waals surface area contributed by atoms with Gasteiger partial charge in [0.05, 0.1) is 5.54 Å². The molecule has 1 fully saturated rings. The maximum absolute atomic E-state index is 13.1. The van der Waals surface area contributed by atoms with Crippen molar-refractivity contribution in [2.75, 3.05) is 5.32 Å². The van der Waals surface area contributed by atoms with Gasteiger partial charge in [0.25, 0.3) is 0 Å². The molecule has 0 unspecified atom stereocenters. The van der Waals surface area contributed by atoms with Crippen molar-refractivity contribution in [2.24, 2.45) is 5.73 Å².